The molecule has 15 heavy (non-hydrogen) atoms. The van der Waals surface area contributed by atoms with Crippen LogP contribution in [0.5, 0.6) is 0 Å². The number of hydrogen-bond acceptors (Lipinski definition) is 2. The van der Waals surface area contributed by atoms with Gasteiger partial charge in [-0.05, 0) is 38.0 Å². The summed E-state index contributed by atoms with van der Waals surface area (Å²) in [7, 11) is 0. The quantitative estimate of drug-likeness (QED) is 0.679. The Kier molecular flexibility index (Phi) is 3.10. The molecule has 0 aromatic heterocycles. The second-order valence-electron chi connectivity index (χ2n) is 4.94. The van der Waals surface area contributed by atoms with Crippen LogP contribution >= 0.6 is 0 Å². The van der Waals surface area contributed by atoms with E-state index in [0.29, 0.717) is 18.4 Å². The molecule has 3 nitrogen and oxygen atoms in total. The molecule has 3 heteroatoms. The fourth-order valence-corrected chi connectivity index (χ4v) is 2.64. The molecule has 0 saturated heterocycles. The van der Waals surface area contributed by atoms with Crippen molar-refractivity contribution in [3.05, 3.63) is 12.2 Å². The Bertz CT molecular complexity index is 273. The van der Waals surface area contributed by atoms with E-state index in [4.69, 9.17) is 5.73 Å². The predicted octanol–water partition coefficient (Wildman–Crippen LogP) is 1.05. The predicted molar refractivity (Wildman–Crippen MR) is 60.1 cm³/mol. The molecule has 3 N–H and O–H groups in total. The zero-order chi connectivity index (χ0) is 10.8. The molecule has 2 bridgehead atoms. The molecule has 4 unspecified atom stereocenters. The van der Waals surface area contributed by atoms with Gasteiger partial charge in [0, 0.05) is 18.5 Å². The average molecular weight is 208 g/mol. The molecule has 2 rings (SSSR count). The van der Waals surface area contributed by atoms with Crippen molar-refractivity contribution in [3.8, 4) is 0 Å². The van der Waals surface area contributed by atoms with Gasteiger partial charge in [0.2, 0.25) is 5.91 Å². The summed E-state index contributed by atoms with van der Waals surface area (Å²) in [4.78, 5) is 11.8. The van der Waals surface area contributed by atoms with Crippen LogP contribution < -0.4 is 11.1 Å². The number of carbonyl (C=O) groups is 1. The van der Waals surface area contributed by atoms with E-state index in [1.165, 1.54) is 6.42 Å². The number of carbonyl (C=O) groups excluding carboxylic acids is 1. The van der Waals surface area contributed by atoms with Gasteiger partial charge in [0.25, 0.3) is 0 Å². The number of allylic oxidation sites excluding steroid dienone is 2. The highest BCUT2D eigenvalue weighted by Crippen LogP contribution is 2.43. The maximum atomic E-state index is 11.8. The molecule has 2 aliphatic rings. The highest BCUT2D eigenvalue weighted by molar-refractivity contribution is 5.79. The van der Waals surface area contributed by atoms with Gasteiger partial charge in [-0.15, -0.1) is 0 Å². The van der Waals surface area contributed by atoms with Crippen molar-refractivity contribution in [1.29, 1.82) is 0 Å². The van der Waals surface area contributed by atoms with Gasteiger partial charge in [0.15, 0.2) is 0 Å². The van der Waals surface area contributed by atoms with Gasteiger partial charge in [0.1, 0.15) is 0 Å². The monoisotopic (exact) mass is 208 g/mol. The van der Waals surface area contributed by atoms with Crippen molar-refractivity contribution in [2.75, 3.05) is 6.54 Å². The number of nitrogens with one attached hydrogen (secondary N) is 1. The summed E-state index contributed by atoms with van der Waals surface area (Å²) < 4.78 is 0. The van der Waals surface area contributed by atoms with Gasteiger partial charge in [0.05, 0.1) is 0 Å². The lowest BCUT2D eigenvalue weighted by Crippen LogP contribution is -2.35. The molecular weight excluding hydrogens is 188 g/mol. The van der Waals surface area contributed by atoms with Gasteiger partial charge in [-0.2, -0.15) is 0 Å². The number of fused-ring (bicyclic) bond motifs is 2. The lowest BCUT2D eigenvalue weighted by Gasteiger charge is -2.17. The largest absolute Gasteiger partial charge is 0.356 e. The number of hydrogen-bond donors (Lipinski definition) is 2. The summed E-state index contributed by atoms with van der Waals surface area (Å²) >= 11 is 0. The third kappa shape index (κ3) is 2.40. The summed E-state index contributed by atoms with van der Waals surface area (Å²) in [5.74, 6) is 1.63. The second-order valence-corrected chi connectivity index (χ2v) is 4.94. The van der Waals surface area contributed by atoms with E-state index in [-0.39, 0.29) is 17.9 Å². The van der Waals surface area contributed by atoms with E-state index in [0.717, 1.165) is 12.8 Å². The minimum absolute atomic E-state index is 0.172. The first-order valence-electron chi connectivity index (χ1n) is 5.88. The molecule has 0 aromatic rings. The van der Waals surface area contributed by atoms with Gasteiger partial charge in [-0.3, -0.25) is 4.79 Å². The van der Waals surface area contributed by atoms with Crippen LogP contribution in [0.1, 0.15) is 26.2 Å². The normalized spacial score (nSPS) is 34.4. The summed E-state index contributed by atoms with van der Waals surface area (Å²) in [5, 5.41) is 2.99. The summed E-state index contributed by atoms with van der Waals surface area (Å²) in [6.45, 7) is 2.68. The Hall–Kier alpha value is -0.830. The first kappa shape index (κ1) is 10.7. The second kappa shape index (κ2) is 4.35. The fraction of sp³-hybridized carbons (Fsp3) is 0.750. The van der Waals surface area contributed by atoms with E-state index in [1.807, 2.05) is 6.92 Å². The zero-order valence-corrected chi connectivity index (χ0v) is 9.28. The van der Waals surface area contributed by atoms with Crippen LogP contribution in [0, 0.1) is 17.8 Å². The smallest absolute Gasteiger partial charge is 0.223 e. The first-order chi connectivity index (χ1) is 7.16. The molecule has 0 heterocycles. The van der Waals surface area contributed by atoms with Gasteiger partial charge in [-0.1, -0.05) is 12.2 Å². The highest BCUT2D eigenvalue weighted by atomic mass is 16.1. The van der Waals surface area contributed by atoms with Crippen molar-refractivity contribution in [3.63, 3.8) is 0 Å². The molecule has 0 aromatic carbocycles. The molecule has 0 aliphatic heterocycles. The van der Waals surface area contributed by atoms with E-state index >= 15 is 0 Å². The summed E-state index contributed by atoms with van der Waals surface area (Å²) in [6, 6.07) is 0.172. The van der Waals surface area contributed by atoms with Crippen LogP contribution in [-0.4, -0.2) is 18.5 Å². The Morgan fingerprint density at radius 3 is 2.87 bits per heavy atom. The standard InChI is InChI=1S/C12H20N2O/c1-8(13)4-5-14-12(15)11-7-9-2-3-10(11)6-9/h2-3,8-11H,4-7,13H2,1H3,(H,14,15). The average Bonchev–Trinajstić information content (AvgIpc) is 2.77. The molecular formula is C12H20N2O. The lowest BCUT2D eigenvalue weighted by molar-refractivity contribution is -0.125. The Balaban J connectivity index is 1.75. The van der Waals surface area contributed by atoms with E-state index in [9.17, 15) is 4.79 Å². The van der Waals surface area contributed by atoms with Crippen molar-refractivity contribution in [2.45, 2.75) is 32.2 Å². The SMILES string of the molecule is CC(N)CCNC(=O)C1CC2C=CC1C2. The third-order valence-corrected chi connectivity index (χ3v) is 3.51. The van der Waals surface area contributed by atoms with E-state index in [1.54, 1.807) is 0 Å². The molecule has 4 atom stereocenters. The van der Waals surface area contributed by atoms with Crippen LogP contribution in [0.15, 0.2) is 12.2 Å². The molecule has 1 amide bonds. The molecule has 2 aliphatic carbocycles. The number of amides is 1. The maximum Gasteiger partial charge on any atom is 0.223 e. The van der Waals surface area contributed by atoms with Gasteiger partial charge < -0.3 is 11.1 Å². The Morgan fingerprint density at radius 1 is 1.53 bits per heavy atom. The van der Waals surface area contributed by atoms with Gasteiger partial charge in [-0.25, -0.2) is 0 Å². The molecule has 0 radical (unpaired) electrons. The minimum Gasteiger partial charge on any atom is -0.356 e. The topological polar surface area (TPSA) is 55.1 Å². The number of rotatable bonds is 4. The molecule has 84 valence electrons. The first-order valence-corrected chi connectivity index (χ1v) is 5.88. The van der Waals surface area contributed by atoms with Crippen LogP contribution in [0.2, 0.25) is 0 Å². The fourth-order valence-electron chi connectivity index (χ4n) is 2.64. The van der Waals surface area contributed by atoms with Crippen LogP contribution in [0.3, 0.4) is 0 Å². The third-order valence-electron chi connectivity index (χ3n) is 3.51. The van der Waals surface area contributed by atoms with Crippen molar-refractivity contribution in [1.82, 2.24) is 5.32 Å². The minimum atomic E-state index is 0.172. The Labute approximate surface area is 91.1 Å². The zero-order valence-electron chi connectivity index (χ0n) is 9.28. The molecule has 0 spiro atoms. The molecule has 1 fully saturated rings. The van der Waals surface area contributed by atoms with Crippen molar-refractivity contribution >= 4 is 5.91 Å². The number of nitrogens with two attached hydrogens (primary N) is 1. The van der Waals surface area contributed by atoms with Crippen LogP contribution in [0.25, 0.3) is 0 Å². The maximum absolute atomic E-state index is 11.8. The van der Waals surface area contributed by atoms with Crippen molar-refractivity contribution < 1.29 is 4.79 Å². The molecule has 1 saturated carbocycles. The summed E-state index contributed by atoms with van der Waals surface area (Å²) in [5.41, 5.74) is 5.63. The van der Waals surface area contributed by atoms with E-state index in [2.05, 4.69) is 17.5 Å². The van der Waals surface area contributed by atoms with Gasteiger partial charge >= 0.3 is 0 Å². The lowest BCUT2D eigenvalue weighted by atomic mass is 9.93. The van der Waals surface area contributed by atoms with Crippen molar-refractivity contribution in [2.24, 2.45) is 23.5 Å². The summed E-state index contributed by atoms with van der Waals surface area (Å²) in [6.07, 6.45) is 7.57. The van der Waals surface area contributed by atoms with E-state index < -0.39 is 0 Å². The van der Waals surface area contributed by atoms with Crippen LogP contribution in [0.4, 0.5) is 0 Å². The Morgan fingerprint density at radius 2 is 2.33 bits per heavy atom. The highest BCUT2D eigenvalue weighted by Gasteiger charge is 2.39. The van der Waals surface area contributed by atoms with Crippen LogP contribution in [-0.2, 0) is 4.79 Å².